The summed E-state index contributed by atoms with van der Waals surface area (Å²) >= 11 is 0. The van der Waals surface area contributed by atoms with Crippen LogP contribution in [-0.2, 0) is 6.18 Å². The van der Waals surface area contributed by atoms with Gasteiger partial charge in [-0.1, -0.05) is 6.92 Å². The molecule has 1 saturated heterocycles. The van der Waals surface area contributed by atoms with Crippen molar-refractivity contribution in [1.82, 2.24) is 19.8 Å². The minimum absolute atomic E-state index is 0.0737. The molecule has 2 heterocycles. The first-order valence-electron chi connectivity index (χ1n) is 10.5. The molecule has 0 spiro atoms. The first kappa shape index (κ1) is 24.5. The predicted molar refractivity (Wildman–Crippen MR) is 115 cm³/mol. The zero-order chi connectivity index (χ0) is 24.2. The molecule has 1 aliphatic heterocycles. The first-order chi connectivity index (χ1) is 15.7. The zero-order valence-electron chi connectivity index (χ0n) is 18.6. The van der Waals surface area contributed by atoms with E-state index < -0.39 is 29.3 Å². The fourth-order valence-corrected chi connectivity index (χ4v) is 3.49. The van der Waals surface area contributed by atoms with E-state index in [9.17, 15) is 22.4 Å². The highest BCUT2D eigenvalue weighted by atomic mass is 19.4. The van der Waals surface area contributed by atoms with E-state index in [1.165, 1.54) is 13.2 Å². The molecule has 1 aromatic heterocycles. The van der Waals surface area contributed by atoms with Gasteiger partial charge in [-0.3, -0.25) is 4.79 Å². The average Bonchev–Trinajstić information content (AvgIpc) is 2.78. The smallest absolute Gasteiger partial charge is 0.421 e. The summed E-state index contributed by atoms with van der Waals surface area (Å²) in [6.07, 6.45) is -3.99. The van der Waals surface area contributed by atoms with E-state index in [-0.39, 0.29) is 29.5 Å². The van der Waals surface area contributed by atoms with Crippen molar-refractivity contribution in [2.45, 2.75) is 20.0 Å². The molecule has 3 rings (SSSR count). The highest BCUT2D eigenvalue weighted by Crippen LogP contribution is 2.35. The number of alkyl halides is 3. The number of hydrogen-bond donors (Lipinski definition) is 2. The lowest BCUT2D eigenvalue weighted by Crippen LogP contribution is -2.48. The second kappa shape index (κ2) is 10.2. The van der Waals surface area contributed by atoms with Crippen LogP contribution in [-0.4, -0.2) is 72.1 Å². The van der Waals surface area contributed by atoms with Gasteiger partial charge in [-0.2, -0.15) is 18.2 Å². The van der Waals surface area contributed by atoms with Crippen LogP contribution < -0.4 is 15.4 Å². The van der Waals surface area contributed by atoms with Crippen LogP contribution in [0.3, 0.4) is 0 Å². The number of rotatable bonds is 7. The molecule has 0 atom stereocenters. The Balaban J connectivity index is 1.86. The van der Waals surface area contributed by atoms with Gasteiger partial charge in [-0.25, -0.2) is 9.37 Å². The van der Waals surface area contributed by atoms with Gasteiger partial charge in [0.15, 0.2) is 0 Å². The molecule has 0 unspecified atom stereocenters. The second-order valence-corrected chi connectivity index (χ2v) is 7.37. The summed E-state index contributed by atoms with van der Waals surface area (Å²) in [5.74, 6) is -1.71. The first-order valence-corrected chi connectivity index (χ1v) is 10.5. The van der Waals surface area contributed by atoms with Gasteiger partial charge in [-0.15, -0.1) is 0 Å². The Morgan fingerprint density at radius 3 is 2.45 bits per heavy atom. The summed E-state index contributed by atoms with van der Waals surface area (Å²) in [7, 11) is 1.34. The lowest BCUT2D eigenvalue weighted by molar-refractivity contribution is -0.137. The van der Waals surface area contributed by atoms with Crippen molar-refractivity contribution in [2.75, 3.05) is 57.0 Å². The van der Waals surface area contributed by atoms with Crippen LogP contribution in [0.25, 0.3) is 0 Å². The molecule has 2 N–H and O–H groups in total. The minimum Gasteiger partial charge on any atom is -0.495 e. The molecule has 33 heavy (non-hydrogen) atoms. The number of nitrogens with one attached hydrogen (secondary N) is 2. The third-order valence-electron chi connectivity index (χ3n) is 5.31. The number of hydrogen-bond acceptors (Lipinski definition) is 7. The number of aromatic nitrogens is 2. The normalized spacial score (nSPS) is 14.8. The molecule has 0 bridgehead atoms. The van der Waals surface area contributed by atoms with Crippen LogP contribution in [0.2, 0.25) is 0 Å². The van der Waals surface area contributed by atoms with Gasteiger partial charge in [0.2, 0.25) is 5.95 Å². The van der Waals surface area contributed by atoms with Crippen molar-refractivity contribution in [3.05, 3.63) is 35.3 Å². The summed E-state index contributed by atoms with van der Waals surface area (Å²) in [5, 5.41) is 5.22. The summed E-state index contributed by atoms with van der Waals surface area (Å²) in [6, 6.07) is 2.31. The van der Waals surface area contributed by atoms with Crippen molar-refractivity contribution in [1.29, 1.82) is 0 Å². The zero-order valence-corrected chi connectivity index (χ0v) is 18.6. The van der Waals surface area contributed by atoms with Crippen LogP contribution in [0, 0.1) is 5.82 Å². The van der Waals surface area contributed by atoms with Crippen molar-refractivity contribution in [3.8, 4) is 5.75 Å². The maximum Gasteiger partial charge on any atom is 0.421 e. The molecule has 2 aromatic rings. The Kier molecular flexibility index (Phi) is 7.57. The van der Waals surface area contributed by atoms with Crippen molar-refractivity contribution in [3.63, 3.8) is 0 Å². The Morgan fingerprint density at radius 1 is 1.18 bits per heavy atom. The third-order valence-corrected chi connectivity index (χ3v) is 5.31. The number of anilines is 3. The number of nitrogens with zero attached hydrogens (tertiary/aromatic N) is 4. The van der Waals surface area contributed by atoms with Crippen LogP contribution in [0.1, 0.15) is 29.8 Å². The van der Waals surface area contributed by atoms with Gasteiger partial charge < -0.3 is 25.2 Å². The number of piperazine rings is 1. The van der Waals surface area contributed by atoms with Gasteiger partial charge >= 0.3 is 6.18 Å². The van der Waals surface area contributed by atoms with Crippen molar-refractivity contribution < 1.29 is 27.1 Å². The number of benzene rings is 1. The van der Waals surface area contributed by atoms with E-state index in [1.807, 2.05) is 6.92 Å². The molecule has 1 fully saturated rings. The third kappa shape index (κ3) is 5.62. The molecule has 1 aromatic carbocycles. The highest BCUT2D eigenvalue weighted by Gasteiger charge is 2.35. The molecule has 1 amide bonds. The molecule has 12 heteroatoms. The van der Waals surface area contributed by atoms with Gasteiger partial charge in [0.25, 0.3) is 5.91 Å². The Hall–Kier alpha value is -3.15. The largest absolute Gasteiger partial charge is 0.495 e. The van der Waals surface area contributed by atoms with E-state index in [0.29, 0.717) is 32.4 Å². The van der Waals surface area contributed by atoms with Crippen molar-refractivity contribution in [2.24, 2.45) is 0 Å². The van der Waals surface area contributed by atoms with E-state index in [0.717, 1.165) is 12.6 Å². The molecule has 0 saturated carbocycles. The van der Waals surface area contributed by atoms with Crippen molar-refractivity contribution >= 4 is 23.4 Å². The molecular formula is C21H26F4N6O2. The Bertz CT molecular complexity index is 993. The number of likely N-dealkylation sites (N-methyl/N-ethyl adjacent to an activating group) is 1. The molecule has 1 aliphatic rings. The average molecular weight is 470 g/mol. The maximum absolute atomic E-state index is 14.9. The van der Waals surface area contributed by atoms with E-state index in [4.69, 9.17) is 4.74 Å². The number of carbonyl (C=O) groups is 1. The fourth-order valence-electron chi connectivity index (χ4n) is 3.49. The van der Waals surface area contributed by atoms with Gasteiger partial charge in [0.05, 0.1) is 18.4 Å². The molecule has 8 nitrogen and oxygen atoms in total. The lowest BCUT2D eigenvalue weighted by atomic mass is 10.1. The topological polar surface area (TPSA) is 82.6 Å². The number of methoxy groups -OCH3 is 1. The number of ether oxygens (including phenoxy) is 1. The van der Waals surface area contributed by atoms with Gasteiger partial charge in [0, 0.05) is 45.0 Å². The monoisotopic (exact) mass is 470 g/mol. The Morgan fingerprint density at radius 2 is 1.88 bits per heavy atom. The Labute approximate surface area is 188 Å². The molecule has 180 valence electrons. The number of halogens is 4. The van der Waals surface area contributed by atoms with Gasteiger partial charge in [-0.05, 0) is 19.5 Å². The minimum atomic E-state index is -4.63. The SMILES string of the molecule is CCNc1nc(Nc2cc(F)c(C(=O)N3CCN(CC)CC3)cc2OC)ncc1C(F)(F)F. The second-order valence-electron chi connectivity index (χ2n) is 7.37. The summed E-state index contributed by atoms with van der Waals surface area (Å²) in [6.45, 7) is 7.15. The standard InChI is InChI=1S/C21H26F4N6O2/c1-4-26-18-14(21(23,24)25)12-27-20(29-18)28-16-11-15(22)13(10-17(16)33-3)19(32)31-8-6-30(5-2)7-9-31/h10-12H,4-9H2,1-3H3,(H2,26,27,28,29). The lowest BCUT2D eigenvalue weighted by Gasteiger charge is -2.34. The molecular weight excluding hydrogens is 444 g/mol. The number of amides is 1. The van der Waals surface area contributed by atoms with Crippen LogP contribution in [0.15, 0.2) is 18.3 Å². The van der Waals surface area contributed by atoms with E-state index in [1.54, 1.807) is 11.8 Å². The van der Waals surface area contributed by atoms with E-state index >= 15 is 0 Å². The summed E-state index contributed by atoms with van der Waals surface area (Å²) < 4.78 is 59.7. The fraction of sp³-hybridized carbons (Fsp3) is 0.476. The van der Waals surface area contributed by atoms with Crippen LogP contribution in [0.4, 0.5) is 35.0 Å². The molecule has 0 aliphatic carbocycles. The molecule has 0 radical (unpaired) electrons. The van der Waals surface area contributed by atoms with Crippen LogP contribution in [0.5, 0.6) is 5.75 Å². The van der Waals surface area contributed by atoms with Crippen LogP contribution >= 0.6 is 0 Å². The summed E-state index contributed by atoms with van der Waals surface area (Å²) in [5.41, 5.74) is -1.09. The number of carbonyl (C=O) groups excluding carboxylic acids is 1. The highest BCUT2D eigenvalue weighted by molar-refractivity contribution is 5.96. The summed E-state index contributed by atoms with van der Waals surface area (Å²) in [4.78, 5) is 24.2. The van der Waals surface area contributed by atoms with Gasteiger partial charge in [0.1, 0.15) is 22.9 Å². The van der Waals surface area contributed by atoms with E-state index in [2.05, 4.69) is 25.5 Å². The predicted octanol–water partition coefficient (Wildman–Crippen LogP) is 3.60. The maximum atomic E-state index is 14.9. The quantitative estimate of drug-likeness (QED) is 0.599.